The zero-order chi connectivity index (χ0) is 11.9. The van der Waals surface area contributed by atoms with Gasteiger partial charge in [0.1, 0.15) is 5.69 Å². The fourth-order valence-electron chi connectivity index (χ4n) is 2.01. The van der Waals surface area contributed by atoms with Crippen LogP contribution in [0.5, 0.6) is 0 Å². The predicted octanol–water partition coefficient (Wildman–Crippen LogP) is 0.0398. The molecule has 1 aliphatic rings. The number of rotatable bonds is 5. The number of H-pyrrole nitrogens is 1. The van der Waals surface area contributed by atoms with Crippen LogP contribution in [-0.2, 0) is 0 Å². The number of aromatic amines is 1. The molecule has 1 amide bonds. The Bertz CT molecular complexity index is 330. The van der Waals surface area contributed by atoms with Crippen LogP contribution in [0.4, 0.5) is 0 Å². The van der Waals surface area contributed by atoms with Gasteiger partial charge < -0.3 is 20.5 Å². The van der Waals surface area contributed by atoms with Gasteiger partial charge in [0.2, 0.25) is 0 Å². The SMILES string of the molecule is O=C(NCCCN1CCNCC1)c1ccc[nH]1. The number of amides is 1. The van der Waals surface area contributed by atoms with Gasteiger partial charge in [-0.2, -0.15) is 0 Å². The smallest absolute Gasteiger partial charge is 0.267 e. The first-order chi connectivity index (χ1) is 8.36. The Morgan fingerprint density at radius 3 is 2.94 bits per heavy atom. The molecule has 17 heavy (non-hydrogen) atoms. The molecule has 0 spiro atoms. The van der Waals surface area contributed by atoms with Crippen molar-refractivity contribution in [1.29, 1.82) is 0 Å². The second-order valence-electron chi connectivity index (χ2n) is 4.28. The molecule has 1 aromatic rings. The molecule has 0 saturated carbocycles. The Kier molecular flexibility index (Phi) is 4.58. The molecule has 0 radical (unpaired) electrons. The predicted molar refractivity (Wildman–Crippen MR) is 67.1 cm³/mol. The van der Waals surface area contributed by atoms with Gasteiger partial charge in [0.05, 0.1) is 0 Å². The molecular weight excluding hydrogens is 216 g/mol. The molecule has 1 saturated heterocycles. The van der Waals surface area contributed by atoms with Crippen LogP contribution in [0, 0.1) is 0 Å². The van der Waals surface area contributed by atoms with Gasteiger partial charge in [0.25, 0.3) is 5.91 Å². The minimum absolute atomic E-state index is 0.0182. The van der Waals surface area contributed by atoms with E-state index in [4.69, 9.17) is 0 Å². The van der Waals surface area contributed by atoms with Crippen molar-refractivity contribution in [3.05, 3.63) is 24.0 Å². The second kappa shape index (κ2) is 6.42. The summed E-state index contributed by atoms with van der Waals surface area (Å²) in [4.78, 5) is 16.9. The monoisotopic (exact) mass is 236 g/mol. The van der Waals surface area contributed by atoms with Crippen LogP contribution in [0.3, 0.4) is 0 Å². The van der Waals surface area contributed by atoms with Gasteiger partial charge in [-0.1, -0.05) is 0 Å². The first kappa shape index (κ1) is 12.1. The molecule has 5 heteroatoms. The zero-order valence-corrected chi connectivity index (χ0v) is 10.0. The molecule has 5 nitrogen and oxygen atoms in total. The number of piperazine rings is 1. The molecule has 94 valence electrons. The van der Waals surface area contributed by atoms with Gasteiger partial charge in [-0.15, -0.1) is 0 Å². The summed E-state index contributed by atoms with van der Waals surface area (Å²) in [6.45, 7) is 6.19. The maximum Gasteiger partial charge on any atom is 0.267 e. The number of hydrogen-bond acceptors (Lipinski definition) is 3. The Morgan fingerprint density at radius 2 is 2.24 bits per heavy atom. The number of nitrogens with zero attached hydrogens (tertiary/aromatic N) is 1. The summed E-state index contributed by atoms with van der Waals surface area (Å²) in [6.07, 6.45) is 2.77. The molecule has 1 aliphatic heterocycles. The largest absolute Gasteiger partial charge is 0.357 e. The lowest BCUT2D eigenvalue weighted by Gasteiger charge is -2.27. The summed E-state index contributed by atoms with van der Waals surface area (Å²) in [7, 11) is 0. The van der Waals surface area contributed by atoms with Crippen LogP contribution in [-0.4, -0.2) is 55.1 Å². The molecule has 0 aliphatic carbocycles. The van der Waals surface area contributed by atoms with Crippen molar-refractivity contribution in [2.24, 2.45) is 0 Å². The van der Waals surface area contributed by atoms with Crippen molar-refractivity contribution in [2.75, 3.05) is 39.3 Å². The Hall–Kier alpha value is -1.33. The Labute approximate surface area is 102 Å². The third-order valence-electron chi connectivity index (χ3n) is 2.99. The highest BCUT2D eigenvalue weighted by molar-refractivity contribution is 5.92. The minimum Gasteiger partial charge on any atom is -0.357 e. The van der Waals surface area contributed by atoms with Crippen molar-refractivity contribution in [1.82, 2.24) is 20.5 Å². The summed E-state index contributed by atoms with van der Waals surface area (Å²) in [5.74, 6) is -0.0182. The van der Waals surface area contributed by atoms with Gasteiger partial charge >= 0.3 is 0 Å². The van der Waals surface area contributed by atoms with E-state index in [1.54, 1.807) is 12.3 Å². The maximum absolute atomic E-state index is 11.6. The molecule has 0 aromatic carbocycles. The van der Waals surface area contributed by atoms with E-state index in [2.05, 4.69) is 20.5 Å². The van der Waals surface area contributed by atoms with Gasteiger partial charge in [0, 0.05) is 38.9 Å². The first-order valence-corrected chi connectivity index (χ1v) is 6.21. The molecule has 0 unspecified atom stereocenters. The fraction of sp³-hybridized carbons (Fsp3) is 0.583. The summed E-state index contributed by atoms with van der Waals surface area (Å²) >= 11 is 0. The lowest BCUT2D eigenvalue weighted by Crippen LogP contribution is -2.44. The lowest BCUT2D eigenvalue weighted by atomic mass is 10.3. The van der Waals surface area contributed by atoms with Crippen LogP contribution in [0.1, 0.15) is 16.9 Å². The molecule has 2 heterocycles. The van der Waals surface area contributed by atoms with E-state index in [1.807, 2.05) is 6.07 Å². The van der Waals surface area contributed by atoms with E-state index < -0.39 is 0 Å². The van der Waals surface area contributed by atoms with Crippen molar-refractivity contribution < 1.29 is 4.79 Å². The third kappa shape index (κ3) is 3.87. The van der Waals surface area contributed by atoms with Crippen LogP contribution in [0.25, 0.3) is 0 Å². The summed E-state index contributed by atoms with van der Waals surface area (Å²) < 4.78 is 0. The zero-order valence-electron chi connectivity index (χ0n) is 10.0. The maximum atomic E-state index is 11.6. The van der Waals surface area contributed by atoms with Crippen molar-refractivity contribution in [2.45, 2.75) is 6.42 Å². The van der Waals surface area contributed by atoms with E-state index in [9.17, 15) is 4.79 Å². The van der Waals surface area contributed by atoms with Crippen LogP contribution >= 0.6 is 0 Å². The molecular formula is C12H20N4O. The minimum atomic E-state index is -0.0182. The number of carbonyl (C=O) groups is 1. The van der Waals surface area contributed by atoms with E-state index in [0.717, 1.165) is 45.7 Å². The van der Waals surface area contributed by atoms with E-state index in [-0.39, 0.29) is 5.91 Å². The highest BCUT2D eigenvalue weighted by Gasteiger charge is 2.09. The number of hydrogen-bond donors (Lipinski definition) is 3. The van der Waals surface area contributed by atoms with Gasteiger partial charge in [0.15, 0.2) is 0 Å². The topological polar surface area (TPSA) is 60.2 Å². The molecule has 1 fully saturated rings. The fourth-order valence-corrected chi connectivity index (χ4v) is 2.01. The van der Waals surface area contributed by atoms with Crippen LogP contribution < -0.4 is 10.6 Å². The third-order valence-corrected chi connectivity index (χ3v) is 2.99. The quantitative estimate of drug-likeness (QED) is 0.633. The van der Waals surface area contributed by atoms with Crippen molar-refractivity contribution in [3.63, 3.8) is 0 Å². The van der Waals surface area contributed by atoms with Gasteiger partial charge in [-0.3, -0.25) is 4.79 Å². The van der Waals surface area contributed by atoms with E-state index in [1.165, 1.54) is 0 Å². The lowest BCUT2D eigenvalue weighted by molar-refractivity contribution is 0.0947. The summed E-state index contributed by atoms with van der Waals surface area (Å²) in [5.41, 5.74) is 0.632. The van der Waals surface area contributed by atoms with Crippen molar-refractivity contribution in [3.8, 4) is 0 Å². The van der Waals surface area contributed by atoms with Gasteiger partial charge in [-0.25, -0.2) is 0 Å². The standard InChI is InChI=1S/C12H20N4O/c17-12(11-3-1-4-14-11)15-5-2-8-16-9-6-13-7-10-16/h1,3-4,13-14H,2,5-10H2,(H,15,17). The molecule has 1 aromatic heterocycles. The molecule has 3 N–H and O–H groups in total. The van der Waals surface area contributed by atoms with Crippen molar-refractivity contribution >= 4 is 5.91 Å². The van der Waals surface area contributed by atoms with E-state index >= 15 is 0 Å². The Morgan fingerprint density at radius 1 is 1.41 bits per heavy atom. The van der Waals surface area contributed by atoms with Crippen LogP contribution in [0.15, 0.2) is 18.3 Å². The second-order valence-corrected chi connectivity index (χ2v) is 4.28. The molecule has 0 atom stereocenters. The molecule has 2 rings (SSSR count). The average molecular weight is 236 g/mol. The number of aromatic nitrogens is 1. The molecule has 0 bridgehead atoms. The number of carbonyl (C=O) groups excluding carboxylic acids is 1. The highest BCUT2D eigenvalue weighted by atomic mass is 16.1. The van der Waals surface area contributed by atoms with Crippen LogP contribution in [0.2, 0.25) is 0 Å². The van der Waals surface area contributed by atoms with E-state index in [0.29, 0.717) is 5.69 Å². The summed E-state index contributed by atoms with van der Waals surface area (Å²) in [5, 5.41) is 6.24. The van der Waals surface area contributed by atoms with Gasteiger partial charge in [-0.05, 0) is 25.1 Å². The summed E-state index contributed by atoms with van der Waals surface area (Å²) in [6, 6.07) is 3.61. The Balaban J connectivity index is 1.58. The first-order valence-electron chi connectivity index (χ1n) is 6.21. The normalized spacial score (nSPS) is 16.9. The number of nitrogens with one attached hydrogen (secondary N) is 3. The average Bonchev–Trinajstić information content (AvgIpc) is 2.89. The highest BCUT2D eigenvalue weighted by Crippen LogP contribution is 1.95.